The van der Waals surface area contributed by atoms with Gasteiger partial charge in [0, 0.05) is 36.3 Å². The zero-order valence-corrected chi connectivity index (χ0v) is 27.2. The normalized spacial score (nSPS) is 43.7. The minimum atomic E-state index is -0.636. The molecule has 7 atom stereocenters. The molecule has 4 fully saturated rings. The van der Waals surface area contributed by atoms with Crippen molar-refractivity contribution in [3.8, 4) is 0 Å². The SMILES string of the molecule is [C-]#[N+]C1=C[C@]2(C)C3=CC(=O)[C@@H]4[C@@H]5CC(C)(C)CC[C@]5(CCC(=O)N5CCCC5)CC[C@@]4(C)[C@]3(C)CC[C@H]2C(C)(C)C1=O. The van der Waals surface area contributed by atoms with E-state index >= 15 is 0 Å². The van der Waals surface area contributed by atoms with Crippen LogP contribution >= 0.6 is 0 Å². The Labute approximate surface area is 253 Å². The topological polar surface area (TPSA) is 58.8 Å². The van der Waals surface area contributed by atoms with Crippen LogP contribution in [0.3, 0.4) is 0 Å². The van der Waals surface area contributed by atoms with Crippen LogP contribution in [0, 0.1) is 56.8 Å². The van der Waals surface area contributed by atoms with Gasteiger partial charge in [-0.2, -0.15) is 0 Å². The Bertz CT molecular complexity index is 1320. The van der Waals surface area contributed by atoms with Crippen LogP contribution in [-0.4, -0.2) is 35.5 Å². The number of amides is 1. The first-order valence-electron chi connectivity index (χ1n) is 16.7. The van der Waals surface area contributed by atoms with E-state index in [1.54, 1.807) is 0 Å². The largest absolute Gasteiger partial charge is 0.343 e. The minimum Gasteiger partial charge on any atom is -0.343 e. The number of nitrogens with zero attached hydrogens (tertiary/aromatic N) is 2. The zero-order chi connectivity index (χ0) is 30.5. The second kappa shape index (κ2) is 9.39. The fraction of sp³-hybridized carbons (Fsp3) is 0.784. The summed E-state index contributed by atoms with van der Waals surface area (Å²) in [6.45, 7) is 25.4. The Morgan fingerprint density at radius 2 is 1.64 bits per heavy atom. The predicted octanol–water partition coefficient (Wildman–Crippen LogP) is 7.96. The highest BCUT2D eigenvalue weighted by Gasteiger charge is 2.69. The van der Waals surface area contributed by atoms with Gasteiger partial charge in [-0.1, -0.05) is 60.1 Å². The lowest BCUT2D eigenvalue weighted by Gasteiger charge is -2.69. The third kappa shape index (κ3) is 3.95. The Hall–Kier alpha value is -2.22. The molecule has 5 heteroatoms. The number of fused-ring (bicyclic) bond motifs is 7. The summed E-state index contributed by atoms with van der Waals surface area (Å²) in [7, 11) is 0. The van der Waals surface area contributed by atoms with Crippen molar-refractivity contribution in [1.82, 2.24) is 4.90 Å². The molecule has 0 unspecified atom stereocenters. The van der Waals surface area contributed by atoms with Gasteiger partial charge in [0.15, 0.2) is 11.6 Å². The molecule has 1 heterocycles. The Morgan fingerprint density at radius 3 is 2.31 bits per heavy atom. The van der Waals surface area contributed by atoms with Crippen LogP contribution in [0.1, 0.15) is 119 Å². The maximum Gasteiger partial charge on any atom is 0.226 e. The third-order valence-corrected chi connectivity index (χ3v) is 14.3. The van der Waals surface area contributed by atoms with Crippen molar-refractivity contribution in [2.45, 2.75) is 119 Å². The van der Waals surface area contributed by atoms with Gasteiger partial charge >= 0.3 is 0 Å². The molecule has 0 spiro atoms. The van der Waals surface area contributed by atoms with Gasteiger partial charge in [-0.3, -0.25) is 9.59 Å². The molecule has 6 aliphatic rings. The molecule has 6 rings (SSSR count). The molecule has 0 aromatic rings. The lowest BCUT2D eigenvalue weighted by molar-refractivity contribution is -0.173. The summed E-state index contributed by atoms with van der Waals surface area (Å²) >= 11 is 0. The number of rotatable bonds is 3. The minimum absolute atomic E-state index is 0.0456. The first-order chi connectivity index (χ1) is 19.5. The number of hydrogen-bond acceptors (Lipinski definition) is 3. The maximum absolute atomic E-state index is 14.7. The molecule has 1 aliphatic heterocycles. The average Bonchev–Trinajstić information content (AvgIpc) is 3.46. The van der Waals surface area contributed by atoms with E-state index in [2.05, 4.69) is 44.4 Å². The van der Waals surface area contributed by atoms with Crippen LogP contribution in [0.5, 0.6) is 0 Å². The lowest BCUT2D eigenvalue weighted by atomic mass is 9.34. The Kier molecular flexibility index (Phi) is 6.67. The summed E-state index contributed by atoms with van der Waals surface area (Å²) in [4.78, 5) is 47.0. The molecule has 0 bridgehead atoms. The van der Waals surface area contributed by atoms with E-state index in [1.807, 2.05) is 26.0 Å². The highest BCUT2D eigenvalue weighted by molar-refractivity contribution is 6.03. The fourth-order valence-corrected chi connectivity index (χ4v) is 11.6. The van der Waals surface area contributed by atoms with Gasteiger partial charge in [0.2, 0.25) is 11.6 Å². The van der Waals surface area contributed by atoms with Crippen molar-refractivity contribution in [3.63, 3.8) is 0 Å². The van der Waals surface area contributed by atoms with Crippen LogP contribution in [0.15, 0.2) is 23.4 Å². The molecule has 0 radical (unpaired) electrons. The standard InChI is InChI=1S/C37H52N2O3/c1-32(2)15-17-37(14-12-29(41)39-19-9-10-20-39)18-16-36(7)30(24(37)22-32)26(40)21-28-34(5)23-25(38-8)31(42)33(3,4)27(34)11-13-35(28,36)6/h21,23-24,27,30H,9-20,22H2,1-7H3/t24-,27-,30-,34-,35+,36+,37+/m0/s1. The van der Waals surface area contributed by atoms with Crippen LogP contribution in [0.25, 0.3) is 4.85 Å². The molecule has 5 nitrogen and oxygen atoms in total. The van der Waals surface area contributed by atoms with Crippen LogP contribution in [0.4, 0.5) is 0 Å². The van der Waals surface area contributed by atoms with E-state index in [0.29, 0.717) is 12.3 Å². The Morgan fingerprint density at radius 1 is 0.976 bits per heavy atom. The second-order valence-electron chi connectivity index (χ2n) is 17.2. The molecule has 0 aromatic carbocycles. The quantitative estimate of drug-likeness (QED) is 0.322. The molecule has 228 valence electrons. The van der Waals surface area contributed by atoms with E-state index in [4.69, 9.17) is 6.57 Å². The van der Waals surface area contributed by atoms with Gasteiger partial charge in [0.25, 0.3) is 0 Å². The number of carbonyl (C=O) groups excluding carboxylic acids is 3. The molecule has 0 N–H and O–H groups in total. The molecule has 42 heavy (non-hydrogen) atoms. The van der Waals surface area contributed by atoms with Gasteiger partial charge in [-0.05, 0) is 104 Å². The molecule has 5 aliphatic carbocycles. The lowest BCUT2D eigenvalue weighted by Crippen LogP contribution is -2.64. The fourth-order valence-electron chi connectivity index (χ4n) is 11.6. The van der Waals surface area contributed by atoms with Crippen LogP contribution in [-0.2, 0) is 14.4 Å². The summed E-state index contributed by atoms with van der Waals surface area (Å²) in [6.07, 6.45) is 15.0. The van der Waals surface area contributed by atoms with Gasteiger partial charge in [0.05, 0.1) is 6.57 Å². The number of hydrogen-bond donors (Lipinski definition) is 0. The smallest absolute Gasteiger partial charge is 0.226 e. The monoisotopic (exact) mass is 572 g/mol. The predicted molar refractivity (Wildman–Crippen MR) is 165 cm³/mol. The third-order valence-electron chi connectivity index (χ3n) is 14.3. The molecular weight excluding hydrogens is 520 g/mol. The summed E-state index contributed by atoms with van der Waals surface area (Å²) in [5.41, 5.74) is 0.132. The van der Waals surface area contributed by atoms with Crippen molar-refractivity contribution in [2.24, 2.45) is 50.2 Å². The van der Waals surface area contributed by atoms with E-state index < -0.39 is 10.8 Å². The molecule has 0 aromatic heterocycles. The number of Topliss-reactive ketones (excluding diaryl/α,β-unsaturated/α-hetero) is 1. The van der Waals surface area contributed by atoms with Crippen molar-refractivity contribution in [2.75, 3.05) is 13.1 Å². The van der Waals surface area contributed by atoms with Gasteiger partial charge in [-0.15, -0.1) is 0 Å². The Balaban J connectivity index is 1.42. The van der Waals surface area contributed by atoms with E-state index in [0.717, 1.165) is 77.3 Å². The van der Waals surface area contributed by atoms with Crippen molar-refractivity contribution in [3.05, 3.63) is 34.8 Å². The van der Waals surface area contributed by atoms with E-state index in [-0.39, 0.29) is 56.7 Å². The highest BCUT2D eigenvalue weighted by Crippen LogP contribution is 2.75. The van der Waals surface area contributed by atoms with Gasteiger partial charge in [0.1, 0.15) is 0 Å². The van der Waals surface area contributed by atoms with Crippen molar-refractivity contribution < 1.29 is 14.4 Å². The van der Waals surface area contributed by atoms with Crippen LogP contribution in [0.2, 0.25) is 0 Å². The van der Waals surface area contributed by atoms with Gasteiger partial charge < -0.3 is 9.69 Å². The first-order valence-corrected chi connectivity index (χ1v) is 16.7. The number of ketones is 2. The number of carbonyl (C=O) groups is 3. The second-order valence-corrected chi connectivity index (χ2v) is 17.2. The summed E-state index contributed by atoms with van der Waals surface area (Å²) in [5, 5.41) is 0. The summed E-state index contributed by atoms with van der Waals surface area (Å²) in [5.74, 6) is 0.818. The molecule has 1 saturated heterocycles. The van der Waals surface area contributed by atoms with Gasteiger partial charge in [-0.25, -0.2) is 4.85 Å². The molecule has 1 amide bonds. The van der Waals surface area contributed by atoms with Crippen LogP contribution < -0.4 is 0 Å². The maximum atomic E-state index is 14.7. The van der Waals surface area contributed by atoms with Crippen molar-refractivity contribution >= 4 is 17.5 Å². The zero-order valence-electron chi connectivity index (χ0n) is 27.2. The highest BCUT2D eigenvalue weighted by atomic mass is 16.2. The summed E-state index contributed by atoms with van der Waals surface area (Å²) < 4.78 is 0. The molecular formula is C37H52N2O3. The molecule has 3 saturated carbocycles. The number of likely N-dealkylation sites (tertiary alicyclic amines) is 1. The average molecular weight is 573 g/mol. The van der Waals surface area contributed by atoms with Crippen molar-refractivity contribution in [1.29, 1.82) is 0 Å². The van der Waals surface area contributed by atoms with E-state index in [9.17, 15) is 14.4 Å². The summed E-state index contributed by atoms with van der Waals surface area (Å²) in [6, 6.07) is 0. The number of allylic oxidation sites excluding steroid dienone is 4. The van der Waals surface area contributed by atoms with E-state index in [1.165, 1.54) is 5.57 Å². The first kappa shape index (κ1) is 29.8.